The fourth-order valence-corrected chi connectivity index (χ4v) is 3.07. The Kier molecular flexibility index (Phi) is 4.52. The van der Waals surface area contributed by atoms with Gasteiger partial charge in [0, 0.05) is 23.1 Å². The van der Waals surface area contributed by atoms with Gasteiger partial charge in [-0.2, -0.15) is 0 Å². The lowest BCUT2D eigenvalue weighted by molar-refractivity contribution is 0.0954. The van der Waals surface area contributed by atoms with Gasteiger partial charge in [0.2, 0.25) is 0 Å². The third-order valence-corrected chi connectivity index (χ3v) is 4.48. The molecule has 0 unspecified atom stereocenters. The summed E-state index contributed by atoms with van der Waals surface area (Å²) in [7, 11) is 0. The van der Waals surface area contributed by atoms with Gasteiger partial charge in [-0.1, -0.05) is 60.7 Å². The number of hydrogen-bond acceptors (Lipinski definition) is 2. The van der Waals surface area contributed by atoms with Crippen LogP contribution in [0.25, 0.3) is 22.1 Å². The summed E-state index contributed by atoms with van der Waals surface area (Å²) in [6.45, 7) is 0.622. The van der Waals surface area contributed by atoms with Gasteiger partial charge in [-0.25, -0.2) is 0 Å². The van der Waals surface area contributed by atoms with Crippen LogP contribution in [0.1, 0.15) is 15.9 Å². The van der Waals surface area contributed by atoms with E-state index in [1.54, 1.807) is 6.26 Å². The molecule has 0 saturated heterocycles. The molecule has 0 atom stereocenters. The molecule has 3 nitrogen and oxygen atoms in total. The largest absolute Gasteiger partial charge is 0.464 e. The topological polar surface area (TPSA) is 42.2 Å². The number of fused-ring (bicyclic) bond motifs is 1. The Morgan fingerprint density at radius 1 is 0.846 bits per heavy atom. The number of rotatable bonds is 5. The van der Waals surface area contributed by atoms with Crippen LogP contribution in [0.5, 0.6) is 0 Å². The first-order valence-corrected chi connectivity index (χ1v) is 8.70. The van der Waals surface area contributed by atoms with Crippen molar-refractivity contribution in [1.82, 2.24) is 5.32 Å². The van der Waals surface area contributed by atoms with Gasteiger partial charge < -0.3 is 9.73 Å². The number of benzene rings is 3. The summed E-state index contributed by atoms with van der Waals surface area (Å²) in [6.07, 6.45) is 2.59. The molecule has 0 aliphatic heterocycles. The van der Waals surface area contributed by atoms with Gasteiger partial charge in [0.15, 0.2) is 0 Å². The Labute approximate surface area is 152 Å². The van der Waals surface area contributed by atoms with Crippen LogP contribution in [0.3, 0.4) is 0 Å². The molecule has 26 heavy (non-hydrogen) atoms. The molecule has 0 radical (unpaired) electrons. The maximum Gasteiger partial charge on any atom is 0.251 e. The van der Waals surface area contributed by atoms with E-state index < -0.39 is 0 Å². The summed E-state index contributed by atoms with van der Waals surface area (Å²) in [5.41, 5.74) is 4.82. The zero-order valence-electron chi connectivity index (χ0n) is 14.3. The first-order valence-electron chi connectivity index (χ1n) is 8.70. The van der Waals surface area contributed by atoms with Crippen LogP contribution in [-0.2, 0) is 6.42 Å². The molecule has 0 fully saturated rings. The van der Waals surface area contributed by atoms with E-state index in [4.69, 9.17) is 4.42 Å². The van der Waals surface area contributed by atoms with Gasteiger partial charge in [0.25, 0.3) is 5.91 Å². The summed E-state index contributed by atoms with van der Waals surface area (Å²) in [4.78, 5) is 12.3. The number of hydrogen-bond donors (Lipinski definition) is 1. The Morgan fingerprint density at radius 2 is 1.58 bits per heavy atom. The van der Waals surface area contributed by atoms with E-state index in [9.17, 15) is 4.79 Å². The number of nitrogens with one attached hydrogen (secondary N) is 1. The smallest absolute Gasteiger partial charge is 0.251 e. The van der Waals surface area contributed by atoms with E-state index in [0.29, 0.717) is 12.1 Å². The minimum Gasteiger partial charge on any atom is -0.464 e. The first-order chi connectivity index (χ1) is 12.8. The zero-order valence-corrected chi connectivity index (χ0v) is 14.3. The van der Waals surface area contributed by atoms with Crippen molar-refractivity contribution in [2.24, 2.45) is 0 Å². The van der Waals surface area contributed by atoms with Crippen LogP contribution in [0.4, 0.5) is 0 Å². The maximum atomic E-state index is 12.3. The number of amides is 1. The standard InChI is InChI=1S/C23H19NO2/c25-23(24-15-14-17-6-2-1-3-7-17)19-12-10-18(11-13-19)21-16-26-22-9-5-4-8-20(21)22/h1-13,16H,14-15H2,(H,24,25). The highest BCUT2D eigenvalue weighted by Crippen LogP contribution is 2.30. The monoisotopic (exact) mass is 341 g/mol. The predicted octanol–water partition coefficient (Wildman–Crippen LogP) is 5.07. The van der Waals surface area contributed by atoms with Gasteiger partial charge in [0.05, 0.1) is 6.26 Å². The van der Waals surface area contributed by atoms with Crippen LogP contribution in [0.2, 0.25) is 0 Å². The summed E-state index contributed by atoms with van der Waals surface area (Å²) in [5, 5.41) is 4.05. The summed E-state index contributed by atoms with van der Waals surface area (Å²) >= 11 is 0. The van der Waals surface area contributed by atoms with Crippen molar-refractivity contribution in [3.05, 3.63) is 96.3 Å². The average Bonchev–Trinajstić information content (AvgIpc) is 3.13. The van der Waals surface area contributed by atoms with Crippen molar-refractivity contribution in [3.8, 4) is 11.1 Å². The fraction of sp³-hybridized carbons (Fsp3) is 0.0870. The van der Waals surface area contributed by atoms with E-state index in [2.05, 4.69) is 17.4 Å². The highest BCUT2D eigenvalue weighted by atomic mass is 16.3. The third kappa shape index (κ3) is 3.38. The number of furan rings is 1. The third-order valence-electron chi connectivity index (χ3n) is 4.48. The zero-order chi connectivity index (χ0) is 17.8. The highest BCUT2D eigenvalue weighted by Gasteiger charge is 2.09. The molecular weight excluding hydrogens is 322 g/mol. The lowest BCUT2D eigenvalue weighted by Crippen LogP contribution is -2.25. The molecule has 3 heteroatoms. The summed E-state index contributed by atoms with van der Waals surface area (Å²) < 4.78 is 5.60. The second-order valence-corrected chi connectivity index (χ2v) is 6.21. The van der Waals surface area contributed by atoms with Crippen molar-refractivity contribution in [1.29, 1.82) is 0 Å². The molecule has 4 rings (SSSR count). The minimum absolute atomic E-state index is 0.0514. The fourth-order valence-electron chi connectivity index (χ4n) is 3.07. The average molecular weight is 341 g/mol. The molecule has 3 aromatic carbocycles. The van der Waals surface area contributed by atoms with Gasteiger partial charge in [-0.15, -0.1) is 0 Å². The van der Waals surface area contributed by atoms with Crippen LogP contribution >= 0.6 is 0 Å². The van der Waals surface area contributed by atoms with Gasteiger partial charge in [-0.3, -0.25) is 4.79 Å². The Morgan fingerprint density at radius 3 is 2.38 bits per heavy atom. The highest BCUT2D eigenvalue weighted by molar-refractivity contribution is 5.97. The van der Waals surface area contributed by atoms with Crippen LogP contribution < -0.4 is 5.32 Å². The van der Waals surface area contributed by atoms with Crippen molar-refractivity contribution in [2.45, 2.75) is 6.42 Å². The van der Waals surface area contributed by atoms with Gasteiger partial charge in [-0.05, 0) is 35.7 Å². The van der Waals surface area contributed by atoms with E-state index in [-0.39, 0.29) is 5.91 Å². The molecule has 0 saturated carbocycles. The predicted molar refractivity (Wildman–Crippen MR) is 104 cm³/mol. The maximum absolute atomic E-state index is 12.3. The summed E-state index contributed by atoms with van der Waals surface area (Å²) in [6, 6.07) is 25.7. The van der Waals surface area contributed by atoms with Crippen LogP contribution in [0, 0.1) is 0 Å². The van der Waals surface area contributed by atoms with Crippen molar-refractivity contribution >= 4 is 16.9 Å². The Balaban J connectivity index is 1.43. The molecule has 1 amide bonds. The molecule has 4 aromatic rings. The Bertz CT molecular complexity index is 1020. The van der Waals surface area contributed by atoms with E-state index in [0.717, 1.165) is 28.5 Å². The van der Waals surface area contributed by atoms with E-state index in [1.165, 1.54) is 5.56 Å². The number of carbonyl (C=O) groups is 1. The lowest BCUT2D eigenvalue weighted by Gasteiger charge is -2.06. The summed E-state index contributed by atoms with van der Waals surface area (Å²) in [5.74, 6) is -0.0514. The molecule has 0 spiro atoms. The molecule has 1 aromatic heterocycles. The number of para-hydroxylation sites is 1. The van der Waals surface area contributed by atoms with Crippen LogP contribution in [0.15, 0.2) is 89.5 Å². The van der Waals surface area contributed by atoms with Crippen LogP contribution in [-0.4, -0.2) is 12.5 Å². The van der Waals surface area contributed by atoms with Gasteiger partial charge in [0.1, 0.15) is 5.58 Å². The SMILES string of the molecule is O=C(NCCc1ccccc1)c1ccc(-c2coc3ccccc23)cc1. The molecule has 0 bridgehead atoms. The normalized spacial score (nSPS) is 10.8. The first kappa shape index (κ1) is 16.2. The molecule has 1 heterocycles. The van der Waals surface area contributed by atoms with Crippen molar-refractivity contribution in [2.75, 3.05) is 6.54 Å². The Hall–Kier alpha value is -3.33. The molecule has 128 valence electrons. The van der Waals surface area contributed by atoms with E-state index >= 15 is 0 Å². The molecule has 0 aliphatic rings. The number of carbonyl (C=O) groups excluding carboxylic acids is 1. The molecular formula is C23H19NO2. The quantitative estimate of drug-likeness (QED) is 0.550. The van der Waals surface area contributed by atoms with Crippen molar-refractivity contribution < 1.29 is 9.21 Å². The van der Waals surface area contributed by atoms with E-state index in [1.807, 2.05) is 66.7 Å². The second-order valence-electron chi connectivity index (χ2n) is 6.21. The molecule has 1 N–H and O–H groups in total. The lowest BCUT2D eigenvalue weighted by atomic mass is 10.0. The van der Waals surface area contributed by atoms with Gasteiger partial charge >= 0.3 is 0 Å². The molecule has 0 aliphatic carbocycles. The van der Waals surface area contributed by atoms with Crippen molar-refractivity contribution in [3.63, 3.8) is 0 Å². The minimum atomic E-state index is -0.0514. The second kappa shape index (κ2) is 7.28.